The molecule has 2 aromatic heterocycles. The van der Waals surface area contributed by atoms with Gasteiger partial charge in [0.1, 0.15) is 23.8 Å². The van der Waals surface area contributed by atoms with Gasteiger partial charge in [-0.1, -0.05) is 0 Å². The topological polar surface area (TPSA) is 244 Å². The summed E-state index contributed by atoms with van der Waals surface area (Å²) in [6.45, 7) is 0. The molecule has 2 fully saturated rings. The molecule has 0 amide bonds. The summed E-state index contributed by atoms with van der Waals surface area (Å²) in [5.41, 5.74) is 0.648. The van der Waals surface area contributed by atoms with E-state index in [9.17, 15) is 30.0 Å². The molecule has 1 unspecified atom stereocenters. The molecule has 1 aliphatic heterocycles. The highest BCUT2D eigenvalue weighted by Crippen LogP contribution is 2.56. The largest absolute Gasteiger partial charge is 0.479 e. The maximum Gasteiger partial charge on any atom is 0.348 e. The summed E-state index contributed by atoms with van der Waals surface area (Å²) in [5.74, 6) is -4.10. The fourth-order valence-electron chi connectivity index (χ4n) is 3.66. The molecule has 2 aromatic rings. The molecule has 3 heterocycles. The number of aromatic nitrogens is 4. The number of ether oxygens (including phenoxy) is 2. The third-order valence-electron chi connectivity index (χ3n) is 5.29. The van der Waals surface area contributed by atoms with Crippen LogP contribution in [-0.2, 0) is 19.1 Å². The average molecular weight is 462 g/mol. The standard InChI is InChI=1S/C15H16ClN5O10/c16-13-19-8(17)4-9(20-13)21(2-18-4)10-5(24)15(29)6(30-10)7(15)31-14(11(25)26,12(27)28)1-3(22)23/h2-3,5-7,10,22-24,29H,1H2,(H,25,26)(H,27,28)(H2,17,19,20)/t5-,6+,7?,10+,15-/m0/s1. The highest BCUT2D eigenvalue weighted by atomic mass is 35.5. The number of carboxylic acids is 2. The van der Waals surface area contributed by atoms with Gasteiger partial charge in [0.25, 0.3) is 5.60 Å². The summed E-state index contributed by atoms with van der Waals surface area (Å²) in [7, 11) is 0. The Labute approximate surface area is 176 Å². The first-order valence-electron chi connectivity index (χ1n) is 8.65. The molecule has 15 nitrogen and oxygen atoms in total. The van der Waals surface area contributed by atoms with Crippen molar-refractivity contribution < 1.29 is 49.7 Å². The van der Waals surface area contributed by atoms with Gasteiger partial charge in [-0.3, -0.25) is 4.57 Å². The smallest absolute Gasteiger partial charge is 0.348 e. The van der Waals surface area contributed by atoms with E-state index in [-0.39, 0.29) is 22.3 Å². The lowest BCUT2D eigenvalue weighted by Gasteiger charge is -2.29. The van der Waals surface area contributed by atoms with E-state index in [2.05, 4.69) is 15.0 Å². The third kappa shape index (κ3) is 3.01. The first kappa shape index (κ1) is 21.6. The molecule has 8 N–H and O–H groups in total. The van der Waals surface area contributed by atoms with Crippen LogP contribution in [-0.4, -0.2) is 97.9 Å². The van der Waals surface area contributed by atoms with Crippen LogP contribution in [0.25, 0.3) is 11.2 Å². The van der Waals surface area contributed by atoms with E-state index in [1.165, 1.54) is 10.9 Å². The maximum absolute atomic E-state index is 11.6. The Hall–Kier alpha value is -2.66. The van der Waals surface area contributed by atoms with Gasteiger partial charge in [0.05, 0.1) is 6.33 Å². The molecular weight excluding hydrogens is 446 g/mol. The second kappa shape index (κ2) is 6.92. The Balaban J connectivity index is 1.61. The zero-order valence-electron chi connectivity index (χ0n) is 15.2. The van der Waals surface area contributed by atoms with Crippen molar-refractivity contribution in [3.8, 4) is 0 Å². The first-order valence-corrected chi connectivity index (χ1v) is 9.03. The van der Waals surface area contributed by atoms with Gasteiger partial charge in [-0.15, -0.1) is 0 Å². The highest BCUT2D eigenvalue weighted by Gasteiger charge is 2.80. The summed E-state index contributed by atoms with van der Waals surface area (Å²) in [6.07, 6.45) is -8.34. The number of aliphatic hydroxyl groups is 4. The number of imidazole rings is 1. The molecule has 0 radical (unpaired) electrons. The van der Waals surface area contributed by atoms with Crippen molar-refractivity contribution in [3.63, 3.8) is 0 Å². The molecular formula is C15H16ClN5O10. The molecule has 16 heteroatoms. The third-order valence-corrected chi connectivity index (χ3v) is 5.46. The van der Waals surface area contributed by atoms with Crippen LogP contribution in [0.4, 0.5) is 5.82 Å². The van der Waals surface area contributed by atoms with Gasteiger partial charge in [-0.05, 0) is 11.6 Å². The summed E-state index contributed by atoms with van der Waals surface area (Å²) < 4.78 is 11.8. The van der Waals surface area contributed by atoms with E-state index >= 15 is 0 Å². The normalized spacial score (nSPS) is 30.0. The highest BCUT2D eigenvalue weighted by molar-refractivity contribution is 6.28. The predicted molar refractivity (Wildman–Crippen MR) is 95.3 cm³/mol. The lowest BCUT2D eigenvalue weighted by molar-refractivity contribution is -0.209. The number of fused-ring (bicyclic) bond motifs is 2. The van der Waals surface area contributed by atoms with Gasteiger partial charge in [-0.25, -0.2) is 14.6 Å². The first-order chi connectivity index (χ1) is 14.4. The van der Waals surface area contributed by atoms with Gasteiger partial charge >= 0.3 is 11.9 Å². The second-order valence-electron chi connectivity index (χ2n) is 7.14. The van der Waals surface area contributed by atoms with E-state index in [4.69, 9.17) is 37.0 Å². The SMILES string of the molecule is Nc1nc(Cl)nc2c1ncn2[C@@H]1O[C@@H]2C(OC(CC(O)O)(C(=O)O)C(=O)O)[C@]2(O)[C@H]1O. The quantitative estimate of drug-likeness (QED) is 0.124. The molecule has 168 valence electrons. The Morgan fingerprint density at radius 3 is 2.52 bits per heavy atom. The van der Waals surface area contributed by atoms with Crippen molar-refractivity contribution >= 4 is 40.5 Å². The number of hydrogen-bond donors (Lipinski definition) is 7. The predicted octanol–water partition coefficient (Wildman–Crippen LogP) is -2.94. The number of anilines is 1. The lowest BCUT2D eigenvalue weighted by atomic mass is 9.99. The number of hydrogen-bond acceptors (Lipinski definition) is 12. The molecule has 2 aliphatic rings. The van der Waals surface area contributed by atoms with Crippen molar-refractivity contribution in [3.05, 3.63) is 11.6 Å². The fourth-order valence-corrected chi connectivity index (χ4v) is 3.83. The van der Waals surface area contributed by atoms with Gasteiger partial charge in [0.15, 0.2) is 29.6 Å². The van der Waals surface area contributed by atoms with Gasteiger partial charge in [0.2, 0.25) is 5.28 Å². The van der Waals surface area contributed by atoms with E-state index in [1.54, 1.807) is 0 Å². The Morgan fingerprint density at radius 1 is 1.35 bits per heavy atom. The Kier molecular flexibility index (Phi) is 4.82. The van der Waals surface area contributed by atoms with Crippen molar-refractivity contribution in [1.29, 1.82) is 0 Å². The number of rotatable bonds is 7. The number of carbonyl (C=O) groups is 2. The molecule has 0 aromatic carbocycles. The zero-order chi connectivity index (χ0) is 22.9. The molecule has 31 heavy (non-hydrogen) atoms. The molecule has 4 rings (SSSR count). The fraction of sp³-hybridized carbons (Fsp3) is 0.533. The van der Waals surface area contributed by atoms with Crippen molar-refractivity contribution in [2.75, 3.05) is 5.73 Å². The molecule has 1 saturated heterocycles. The second-order valence-corrected chi connectivity index (χ2v) is 7.48. The van der Waals surface area contributed by atoms with Crippen LogP contribution in [0.15, 0.2) is 6.33 Å². The van der Waals surface area contributed by atoms with Crippen LogP contribution in [0.2, 0.25) is 5.28 Å². The minimum atomic E-state index is -3.10. The molecule has 5 atom stereocenters. The average Bonchev–Trinajstić information content (AvgIpc) is 2.93. The summed E-state index contributed by atoms with van der Waals surface area (Å²) in [6, 6.07) is 0. The van der Waals surface area contributed by atoms with Crippen LogP contribution in [0.3, 0.4) is 0 Å². The van der Waals surface area contributed by atoms with E-state index in [1.807, 2.05) is 0 Å². The molecule has 1 aliphatic carbocycles. The van der Waals surface area contributed by atoms with Crippen LogP contribution >= 0.6 is 11.6 Å². The Bertz CT molecular complexity index is 1060. The number of nitrogens with zero attached hydrogens (tertiary/aromatic N) is 4. The van der Waals surface area contributed by atoms with Crippen molar-refractivity contribution in [2.24, 2.45) is 0 Å². The molecule has 0 bridgehead atoms. The number of aliphatic carboxylic acids is 2. The monoisotopic (exact) mass is 461 g/mol. The van der Waals surface area contributed by atoms with Crippen LogP contribution < -0.4 is 5.73 Å². The minimum absolute atomic E-state index is 0.0402. The summed E-state index contributed by atoms with van der Waals surface area (Å²) in [5, 5.41) is 58.1. The molecule has 0 spiro atoms. The summed E-state index contributed by atoms with van der Waals surface area (Å²) >= 11 is 5.79. The zero-order valence-corrected chi connectivity index (χ0v) is 16.0. The lowest BCUT2D eigenvalue weighted by Crippen LogP contribution is -2.53. The van der Waals surface area contributed by atoms with Crippen molar-refractivity contribution in [1.82, 2.24) is 19.5 Å². The molecule has 1 saturated carbocycles. The van der Waals surface area contributed by atoms with Crippen LogP contribution in [0.1, 0.15) is 12.6 Å². The van der Waals surface area contributed by atoms with E-state index < -0.39 is 60.4 Å². The van der Waals surface area contributed by atoms with Gasteiger partial charge in [0, 0.05) is 6.42 Å². The number of carboxylic acid groups (broad SMARTS) is 2. The van der Waals surface area contributed by atoms with E-state index in [0.717, 1.165) is 0 Å². The van der Waals surface area contributed by atoms with Gasteiger partial charge in [-0.2, -0.15) is 9.97 Å². The van der Waals surface area contributed by atoms with Crippen molar-refractivity contribution in [2.45, 2.75) is 48.5 Å². The number of halogens is 1. The summed E-state index contributed by atoms with van der Waals surface area (Å²) in [4.78, 5) is 34.8. The van der Waals surface area contributed by atoms with E-state index in [0.29, 0.717) is 0 Å². The maximum atomic E-state index is 11.6. The number of nitrogen functional groups attached to an aromatic ring is 1. The van der Waals surface area contributed by atoms with Crippen LogP contribution in [0, 0.1) is 0 Å². The minimum Gasteiger partial charge on any atom is -0.479 e. The number of aliphatic hydroxyl groups excluding tert-OH is 2. The number of nitrogens with two attached hydrogens (primary N) is 1. The van der Waals surface area contributed by atoms with Gasteiger partial charge < -0.3 is 45.8 Å². The van der Waals surface area contributed by atoms with Crippen LogP contribution in [0.5, 0.6) is 0 Å². The Morgan fingerprint density at radius 2 is 2.00 bits per heavy atom.